The number of rotatable bonds is 2. The number of amides is 2. The van der Waals surface area contributed by atoms with E-state index in [9.17, 15) is 9.59 Å². The number of carbonyl (C=O) groups is 2. The van der Waals surface area contributed by atoms with Gasteiger partial charge in [-0.05, 0) is 43.4 Å². The monoisotopic (exact) mass is 244 g/mol. The topological polar surface area (TPSA) is 58.2 Å². The minimum Gasteiger partial charge on any atom is -0.382 e. The smallest absolute Gasteiger partial charge is 0.259 e. The Balaban J connectivity index is 1.81. The Morgan fingerprint density at radius 1 is 1.17 bits per heavy atom. The molecule has 1 aromatic carbocycles. The van der Waals surface area contributed by atoms with Crippen molar-refractivity contribution < 1.29 is 9.59 Å². The Hall–Kier alpha value is -1.84. The number of nitrogens with one attached hydrogen (secondary N) is 2. The molecule has 18 heavy (non-hydrogen) atoms. The maximum absolute atomic E-state index is 11.6. The largest absolute Gasteiger partial charge is 0.382 e. The second-order valence-corrected chi connectivity index (χ2v) is 5.30. The minimum absolute atomic E-state index is 0.293. The summed E-state index contributed by atoms with van der Waals surface area (Å²) in [6.07, 6.45) is 3.59. The molecule has 2 aliphatic rings. The van der Waals surface area contributed by atoms with Gasteiger partial charge in [-0.15, -0.1) is 0 Å². The molecule has 1 aliphatic carbocycles. The van der Waals surface area contributed by atoms with E-state index in [1.54, 1.807) is 12.1 Å². The molecular weight excluding hydrogens is 228 g/mol. The average Bonchev–Trinajstić information content (AvgIpc) is 2.85. The molecule has 1 aromatic rings. The van der Waals surface area contributed by atoms with Gasteiger partial charge in [-0.1, -0.05) is 6.92 Å². The maximum Gasteiger partial charge on any atom is 0.259 e. The number of anilines is 1. The van der Waals surface area contributed by atoms with Crippen LogP contribution in [0, 0.1) is 5.92 Å². The van der Waals surface area contributed by atoms with Crippen molar-refractivity contribution in [2.45, 2.75) is 32.2 Å². The molecule has 4 heteroatoms. The van der Waals surface area contributed by atoms with Crippen LogP contribution in [-0.4, -0.2) is 17.9 Å². The summed E-state index contributed by atoms with van der Waals surface area (Å²) in [7, 11) is 0. The lowest BCUT2D eigenvalue weighted by atomic mass is 10.1. The van der Waals surface area contributed by atoms with E-state index in [0.29, 0.717) is 17.2 Å². The number of benzene rings is 1. The van der Waals surface area contributed by atoms with E-state index < -0.39 is 0 Å². The van der Waals surface area contributed by atoms with Crippen LogP contribution in [0.4, 0.5) is 5.69 Å². The van der Waals surface area contributed by atoms with Crippen molar-refractivity contribution in [1.82, 2.24) is 5.32 Å². The molecule has 0 aromatic heterocycles. The van der Waals surface area contributed by atoms with E-state index in [-0.39, 0.29) is 11.8 Å². The van der Waals surface area contributed by atoms with Gasteiger partial charge in [0.15, 0.2) is 0 Å². The fourth-order valence-electron chi connectivity index (χ4n) is 2.83. The third-order valence-electron chi connectivity index (χ3n) is 3.80. The van der Waals surface area contributed by atoms with Gasteiger partial charge in [0, 0.05) is 11.7 Å². The highest BCUT2D eigenvalue weighted by Gasteiger charge is 2.27. The molecular formula is C14H16N2O2. The summed E-state index contributed by atoms with van der Waals surface area (Å²) < 4.78 is 0. The summed E-state index contributed by atoms with van der Waals surface area (Å²) in [5.74, 6) is 0.177. The van der Waals surface area contributed by atoms with Gasteiger partial charge in [0.1, 0.15) is 0 Å². The Kier molecular flexibility index (Phi) is 2.58. The van der Waals surface area contributed by atoms with Gasteiger partial charge in [0.25, 0.3) is 11.8 Å². The van der Waals surface area contributed by atoms with Gasteiger partial charge in [-0.2, -0.15) is 0 Å². The van der Waals surface area contributed by atoms with Crippen LogP contribution >= 0.6 is 0 Å². The summed E-state index contributed by atoms with van der Waals surface area (Å²) in [6, 6.07) is 5.85. The van der Waals surface area contributed by atoms with Gasteiger partial charge in [0.2, 0.25) is 0 Å². The molecule has 4 nitrogen and oxygen atoms in total. The molecule has 1 aliphatic heterocycles. The molecule has 1 heterocycles. The molecule has 2 unspecified atom stereocenters. The summed E-state index contributed by atoms with van der Waals surface area (Å²) in [5, 5.41) is 5.75. The van der Waals surface area contributed by atoms with Crippen molar-refractivity contribution in [2.24, 2.45) is 5.92 Å². The predicted octanol–water partition coefficient (Wildman–Crippen LogP) is 2.17. The van der Waals surface area contributed by atoms with Gasteiger partial charge in [-0.25, -0.2) is 0 Å². The molecule has 2 amide bonds. The van der Waals surface area contributed by atoms with Crippen LogP contribution in [0.25, 0.3) is 0 Å². The zero-order valence-corrected chi connectivity index (χ0v) is 10.3. The highest BCUT2D eigenvalue weighted by Crippen LogP contribution is 2.28. The lowest BCUT2D eigenvalue weighted by Gasteiger charge is -2.14. The third-order valence-corrected chi connectivity index (χ3v) is 3.80. The molecule has 0 radical (unpaired) electrons. The fourth-order valence-corrected chi connectivity index (χ4v) is 2.83. The van der Waals surface area contributed by atoms with Crippen LogP contribution in [0.15, 0.2) is 18.2 Å². The summed E-state index contributed by atoms with van der Waals surface area (Å²) in [6.45, 7) is 2.26. The van der Waals surface area contributed by atoms with Gasteiger partial charge >= 0.3 is 0 Å². The fraction of sp³-hybridized carbons (Fsp3) is 0.429. The number of carbonyl (C=O) groups excluding carboxylic acids is 2. The molecule has 1 fully saturated rings. The van der Waals surface area contributed by atoms with Gasteiger partial charge in [-0.3, -0.25) is 14.9 Å². The first-order chi connectivity index (χ1) is 8.63. The van der Waals surface area contributed by atoms with Crippen LogP contribution in [0.3, 0.4) is 0 Å². The molecule has 0 bridgehead atoms. The van der Waals surface area contributed by atoms with Gasteiger partial charge in [0.05, 0.1) is 11.1 Å². The normalized spacial score (nSPS) is 26.1. The highest BCUT2D eigenvalue weighted by atomic mass is 16.2. The molecule has 2 atom stereocenters. The van der Waals surface area contributed by atoms with Crippen molar-refractivity contribution in [2.75, 3.05) is 5.32 Å². The SMILES string of the molecule is CC1CCC(Nc2ccc3c(c2)C(=O)NC3=O)C1. The van der Waals surface area contributed by atoms with Crippen molar-refractivity contribution >= 4 is 17.5 Å². The van der Waals surface area contributed by atoms with Crippen LogP contribution in [0.5, 0.6) is 0 Å². The lowest BCUT2D eigenvalue weighted by Crippen LogP contribution is -2.19. The number of fused-ring (bicyclic) bond motifs is 1. The molecule has 0 spiro atoms. The molecule has 1 saturated carbocycles. The van der Waals surface area contributed by atoms with E-state index >= 15 is 0 Å². The summed E-state index contributed by atoms with van der Waals surface area (Å²) in [5.41, 5.74) is 1.89. The van der Waals surface area contributed by atoms with Crippen molar-refractivity contribution in [3.8, 4) is 0 Å². The van der Waals surface area contributed by atoms with Crippen LogP contribution in [-0.2, 0) is 0 Å². The Labute approximate surface area is 106 Å². The van der Waals surface area contributed by atoms with Crippen LogP contribution in [0.1, 0.15) is 46.9 Å². The molecule has 3 rings (SSSR count). The van der Waals surface area contributed by atoms with Crippen LogP contribution < -0.4 is 10.6 Å². The maximum atomic E-state index is 11.6. The van der Waals surface area contributed by atoms with E-state index in [0.717, 1.165) is 11.6 Å². The Morgan fingerprint density at radius 2 is 1.94 bits per heavy atom. The predicted molar refractivity (Wildman–Crippen MR) is 68.7 cm³/mol. The van der Waals surface area contributed by atoms with Crippen molar-refractivity contribution in [3.63, 3.8) is 0 Å². The Morgan fingerprint density at radius 3 is 2.67 bits per heavy atom. The summed E-state index contributed by atoms with van der Waals surface area (Å²) >= 11 is 0. The first-order valence-electron chi connectivity index (χ1n) is 6.40. The average molecular weight is 244 g/mol. The standard InChI is InChI=1S/C14H16N2O2/c1-8-2-3-9(6-8)15-10-4-5-11-12(7-10)14(18)16-13(11)17/h4-5,7-9,15H,2-3,6H2,1H3,(H,16,17,18). The molecule has 94 valence electrons. The third kappa shape index (κ3) is 1.88. The molecule has 0 saturated heterocycles. The molecule has 2 N–H and O–H groups in total. The zero-order valence-electron chi connectivity index (χ0n) is 10.3. The van der Waals surface area contributed by atoms with E-state index in [1.807, 2.05) is 6.07 Å². The van der Waals surface area contributed by atoms with E-state index in [1.165, 1.54) is 19.3 Å². The minimum atomic E-state index is -0.295. The van der Waals surface area contributed by atoms with Crippen molar-refractivity contribution in [3.05, 3.63) is 29.3 Å². The van der Waals surface area contributed by atoms with E-state index in [4.69, 9.17) is 0 Å². The second-order valence-electron chi connectivity index (χ2n) is 5.30. The first kappa shape index (κ1) is 11.3. The number of hydrogen-bond donors (Lipinski definition) is 2. The first-order valence-corrected chi connectivity index (χ1v) is 6.40. The summed E-state index contributed by atoms with van der Waals surface area (Å²) in [4.78, 5) is 23.0. The number of hydrogen-bond acceptors (Lipinski definition) is 3. The van der Waals surface area contributed by atoms with Crippen molar-refractivity contribution in [1.29, 1.82) is 0 Å². The lowest BCUT2D eigenvalue weighted by molar-refractivity contribution is 0.0879. The van der Waals surface area contributed by atoms with E-state index in [2.05, 4.69) is 17.6 Å². The number of imide groups is 1. The van der Waals surface area contributed by atoms with Gasteiger partial charge < -0.3 is 5.32 Å². The zero-order chi connectivity index (χ0) is 12.7. The Bertz CT molecular complexity index is 525. The van der Waals surface area contributed by atoms with Crippen LogP contribution in [0.2, 0.25) is 0 Å². The highest BCUT2D eigenvalue weighted by molar-refractivity contribution is 6.21. The second kappa shape index (κ2) is 4.12. The quantitative estimate of drug-likeness (QED) is 0.784.